The lowest BCUT2D eigenvalue weighted by Gasteiger charge is -1.97. The third-order valence-electron chi connectivity index (χ3n) is 1.53. The summed E-state index contributed by atoms with van der Waals surface area (Å²) in [5, 5.41) is 3.30. The normalized spacial score (nSPS) is 9.38. The second kappa shape index (κ2) is 6.04. The summed E-state index contributed by atoms with van der Waals surface area (Å²) < 4.78 is 0.852. The summed E-state index contributed by atoms with van der Waals surface area (Å²) in [5.74, 6) is 5.87. The number of nitrogens with one attached hydrogen (secondary N) is 1. The van der Waals surface area contributed by atoms with Crippen molar-refractivity contribution in [3.63, 3.8) is 0 Å². The van der Waals surface area contributed by atoms with Crippen LogP contribution in [0.15, 0.2) is 12.1 Å². The molecule has 1 aromatic heterocycles. The minimum absolute atomic E-state index is 0.852. The van der Waals surface area contributed by atoms with Crippen LogP contribution in [0.5, 0.6) is 0 Å². The SMILES string of the molecule is CC#CCCNCc1ccc(Cl)s1. The molecule has 0 fully saturated rings. The molecular formula is C10H12ClNS. The maximum atomic E-state index is 5.79. The van der Waals surface area contributed by atoms with Gasteiger partial charge in [-0.3, -0.25) is 0 Å². The van der Waals surface area contributed by atoms with Crippen LogP contribution < -0.4 is 5.32 Å². The number of thiophene rings is 1. The van der Waals surface area contributed by atoms with E-state index in [0.29, 0.717) is 0 Å². The molecule has 0 saturated heterocycles. The molecule has 0 spiro atoms. The summed E-state index contributed by atoms with van der Waals surface area (Å²) in [6.45, 7) is 3.69. The van der Waals surface area contributed by atoms with E-state index in [1.807, 2.05) is 19.1 Å². The smallest absolute Gasteiger partial charge is 0.0931 e. The molecular weight excluding hydrogens is 202 g/mol. The molecule has 0 aliphatic carbocycles. The highest BCUT2D eigenvalue weighted by Crippen LogP contribution is 2.20. The molecule has 1 nitrogen and oxygen atoms in total. The van der Waals surface area contributed by atoms with Crippen molar-refractivity contribution >= 4 is 22.9 Å². The average molecular weight is 214 g/mol. The van der Waals surface area contributed by atoms with Crippen molar-refractivity contribution in [3.05, 3.63) is 21.3 Å². The molecule has 0 atom stereocenters. The predicted octanol–water partition coefficient (Wildman–Crippen LogP) is 2.90. The monoisotopic (exact) mass is 213 g/mol. The molecule has 0 saturated carbocycles. The van der Waals surface area contributed by atoms with Crippen LogP contribution >= 0.6 is 22.9 Å². The highest BCUT2D eigenvalue weighted by Gasteiger charge is 1.95. The van der Waals surface area contributed by atoms with Crippen LogP contribution in [0, 0.1) is 11.8 Å². The van der Waals surface area contributed by atoms with Crippen LogP contribution in [0.4, 0.5) is 0 Å². The number of hydrogen-bond acceptors (Lipinski definition) is 2. The van der Waals surface area contributed by atoms with Gasteiger partial charge in [-0.1, -0.05) is 11.6 Å². The van der Waals surface area contributed by atoms with E-state index in [-0.39, 0.29) is 0 Å². The summed E-state index contributed by atoms with van der Waals surface area (Å²) in [7, 11) is 0. The molecule has 0 radical (unpaired) electrons. The van der Waals surface area contributed by atoms with Crippen molar-refractivity contribution in [1.29, 1.82) is 0 Å². The fourth-order valence-electron chi connectivity index (χ4n) is 0.934. The molecule has 1 rings (SSSR count). The Morgan fingerprint density at radius 3 is 3.00 bits per heavy atom. The second-order valence-corrected chi connectivity index (χ2v) is 4.36. The largest absolute Gasteiger partial charge is 0.311 e. The molecule has 1 N–H and O–H groups in total. The molecule has 0 aliphatic rings. The van der Waals surface area contributed by atoms with Crippen LogP contribution in [0.3, 0.4) is 0 Å². The van der Waals surface area contributed by atoms with Gasteiger partial charge in [-0.2, -0.15) is 0 Å². The summed E-state index contributed by atoms with van der Waals surface area (Å²) in [5.41, 5.74) is 0. The zero-order valence-electron chi connectivity index (χ0n) is 7.56. The average Bonchev–Trinajstić information content (AvgIpc) is 2.51. The molecule has 70 valence electrons. The van der Waals surface area contributed by atoms with E-state index < -0.39 is 0 Å². The highest BCUT2D eigenvalue weighted by molar-refractivity contribution is 7.16. The zero-order valence-corrected chi connectivity index (χ0v) is 9.13. The lowest BCUT2D eigenvalue weighted by Crippen LogP contribution is -2.13. The fourth-order valence-corrected chi connectivity index (χ4v) is 1.99. The molecule has 13 heavy (non-hydrogen) atoms. The molecule has 0 aliphatic heterocycles. The number of hydrogen-bond donors (Lipinski definition) is 1. The van der Waals surface area contributed by atoms with Gasteiger partial charge in [0.05, 0.1) is 4.34 Å². The summed E-state index contributed by atoms with van der Waals surface area (Å²) in [6, 6.07) is 3.97. The van der Waals surface area contributed by atoms with Gasteiger partial charge in [0, 0.05) is 24.4 Å². The Hall–Kier alpha value is -0.490. The van der Waals surface area contributed by atoms with Crippen molar-refractivity contribution in [1.82, 2.24) is 5.32 Å². The Morgan fingerprint density at radius 1 is 1.54 bits per heavy atom. The van der Waals surface area contributed by atoms with Crippen molar-refractivity contribution < 1.29 is 0 Å². The third kappa shape index (κ3) is 4.33. The zero-order chi connectivity index (χ0) is 9.52. The van der Waals surface area contributed by atoms with E-state index in [4.69, 9.17) is 11.6 Å². The minimum atomic E-state index is 0.852. The predicted molar refractivity (Wildman–Crippen MR) is 59.1 cm³/mol. The third-order valence-corrected chi connectivity index (χ3v) is 2.76. The number of rotatable bonds is 4. The van der Waals surface area contributed by atoms with Gasteiger partial charge < -0.3 is 5.32 Å². The Morgan fingerprint density at radius 2 is 2.38 bits per heavy atom. The van der Waals surface area contributed by atoms with Gasteiger partial charge in [0.2, 0.25) is 0 Å². The van der Waals surface area contributed by atoms with Gasteiger partial charge in [-0.05, 0) is 19.1 Å². The van der Waals surface area contributed by atoms with E-state index in [1.54, 1.807) is 11.3 Å². The van der Waals surface area contributed by atoms with E-state index in [1.165, 1.54) is 4.88 Å². The van der Waals surface area contributed by atoms with Crippen LogP contribution in [-0.2, 0) is 6.54 Å². The van der Waals surface area contributed by atoms with Gasteiger partial charge in [0.25, 0.3) is 0 Å². The Bertz CT molecular complexity index is 308. The van der Waals surface area contributed by atoms with E-state index in [2.05, 4.69) is 17.2 Å². The van der Waals surface area contributed by atoms with E-state index in [0.717, 1.165) is 23.8 Å². The van der Waals surface area contributed by atoms with Gasteiger partial charge in [0.1, 0.15) is 0 Å². The molecule has 1 heterocycles. The van der Waals surface area contributed by atoms with Gasteiger partial charge in [-0.15, -0.1) is 23.2 Å². The van der Waals surface area contributed by atoms with Crippen molar-refractivity contribution in [2.75, 3.05) is 6.54 Å². The standard InChI is InChI=1S/C10H12ClNS/c1-2-3-4-7-12-8-9-5-6-10(11)13-9/h5-6,12H,4,7-8H2,1H3. The lowest BCUT2D eigenvalue weighted by molar-refractivity contribution is 0.708. The van der Waals surface area contributed by atoms with Crippen molar-refractivity contribution in [3.8, 4) is 11.8 Å². The van der Waals surface area contributed by atoms with Crippen LogP contribution in [0.25, 0.3) is 0 Å². The maximum Gasteiger partial charge on any atom is 0.0931 e. The molecule has 0 amide bonds. The Kier molecular flexibility index (Phi) is 4.92. The van der Waals surface area contributed by atoms with E-state index >= 15 is 0 Å². The molecule has 1 aromatic rings. The number of halogens is 1. The minimum Gasteiger partial charge on any atom is -0.311 e. The first-order chi connectivity index (χ1) is 6.33. The quantitative estimate of drug-likeness (QED) is 0.599. The van der Waals surface area contributed by atoms with Crippen molar-refractivity contribution in [2.45, 2.75) is 19.9 Å². The summed E-state index contributed by atoms with van der Waals surface area (Å²) in [4.78, 5) is 1.27. The van der Waals surface area contributed by atoms with E-state index in [9.17, 15) is 0 Å². The highest BCUT2D eigenvalue weighted by atomic mass is 35.5. The van der Waals surface area contributed by atoms with Gasteiger partial charge >= 0.3 is 0 Å². The maximum absolute atomic E-state index is 5.79. The lowest BCUT2D eigenvalue weighted by atomic mass is 10.4. The topological polar surface area (TPSA) is 12.0 Å². The Labute approximate surface area is 88.1 Å². The fraction of sp³-hybridized carbons (Fsp3) is 0.400. The van der Waals surface area contributed by atoms with Crippen LogP contribution in [0.2, 0.25) is 4.34 Å². The first-order valence-electron chi connectivity index (χ1n) is 4.17. The van der Waals surface area contributed by atoms with Crippen LogP contribution in [-0.4, -0.2) is 6.54 Å². The van der Waals surface area contributed by atoms with Gasteiger partial charge in [0.15, 0.2) is 0 Å². The first-order valence-corrected chi connectivity index (χ1v) is 5.37. The molecule has 0 aromatic carbocycles. The van der Waals surface area contributed by atoms with Crippen molar-refractivity contribution in [2.24, 2.45) is 0 Å². The second-order valence-electron chi connectivity index (χ2n) is 2.56. The molecule has 0 unspecified atom stereocenters. The van der Waals surface area contributed by atoms with Gasteiger partial charge in [-0.25, -0.2) is 0 Å². The first kappa shape index (κ1) is 10.6. The summed E-state index contributed by atoms with van der Waals surface area (Å²) in [6.07, 6.45) is 0.912. The molecule has 3 heteroatoms. The van der Waals surface area contributed by atoms with Crippen LogP contribution in [0.1, 0.15) is 18.2 Å². The Balaban J connectivity index is 2.15. The summed E-state index contributed by atoms with van der Waals surface area (Å²) >= 11 is 7.41. The molecule has 0 bridgehead atoms.